The number of carbonyl (C=O) groups excluding carboxylic acids is 2. The fourth-order valence-electron chi connectivity index (χ4n) is 6.36. The second kappa shape index (κ2) is 31.9. The lowest BCUT2D eigenvalue weighted by Gasteiger charge is -2.45. The van der Waals surface area contributed by atoms with Crippen LogP contribution in [0.3, 0.4) is 0 Å². The maximum absolute atomic E-state index is 13.0. The molecule has 0 radical (unpaired) electrons. The van der Waals surface area contributed by atoms with Crippen LogP contribution in [-0.2, 0) is 23.0 Å². The molecule has 0 bridgehead atoms. The molecule has 0 amide bonds. The first kappa shape index (κ1) is 72.6. The number of hydrogen-bond acceptors (Lipinski definition) is 12. The van der Waals surface area contributed by atoms with Gasteiger partial charge in [0.05, 0.1) is 24.0 Å². The molecule has 0 aromatic carbocycles. The summed E-state index contributed by atoms with van der Waals surface area (Å²) in [6, 6.07) is 3.50. The fraction of sp³-hybridized carbons (Fsp3) is 0.960. The Hall–Kier alpha value is 1.30. The molecule has 0 saturated heterocycles. The molecule has 67 heavy (non-hydrogen) atoms. The number of halogens is 1. The number of aliphatic hydroxyl groups is 1. The molecule has 0 aliphatic heterocycles. The minimum Gasteiger partial charge on any atom is -0.416 e. The van der Waals surface area contributed by atoms with Crippen molar-refractivity contribution in [3.63, 3.8) is 0 Å². The van der Waals surface area contributed by atoms with Gasteiger partial charge >= 0.3 is 0 Å². The SMILES string of the molecule is CC(C)(CO[Si](C)(C)C(C)(C)C)C(=O)SCCO.CC(C)N(C(C)C)P(Cl)N(C(C)C)C(C)C.CC(C)N(C(C)C)P(OCCSC(=O)C(C)(C)CO[Si](C)(C)C(C)(C)C)N(C(C)C)C(C)C. The highest BCUT2D eigenvalue weighted by Crippen LogP contribution is 2.54. The van der Waals surface area contributed by atoms with E-state index < -0.39 is 43.5 Å². The Kier molecular flexibility index (Phi) is 34.5. The topological polar surface area (TPSA) is 95.0 Å². The van der Waals surface area contributed by atoms with E-state index in [4.69, 9.17) is 29.7 Å². The zero-order chi connectivity index (χ0) is 54.0. The molecule has 404 valence electrons. The number of rotatable bonds is 26. The maximum atomic E-state index is 13.0. The van der Waals surface area contributed by atoms with E-state index in [1.165, 1.54) is 23.5 Å². The van der Waals surface area contributed by atoms with Crippen LogP contribution in [0.2, 0.25) is 36.3 Å². The number of hydrogen-bond donors (Lipinski definition) is 1. The van der Waals surface area contributed by atoms with E-state index in [9.17, 15) is 9.59 Å². The summed E-state index contributed by atoms with van der Waals surface area (Å²) in [6.07, 6.45) is 0. The van der Waals surface area contributed by atoms with Gasteiger partial charge in [-0.15, -0.1) is 0 Å². The lowest BCUT2D eigenvalue weighted by Crippen LogP contribution is -2.44. The largest absolute Gasteiger partial charge is 0.416 e. The van der Waals surface area contributed by atoms with Crippen LogP contribution in [-0.4, -0.2) is 137 Å². The lowest BCUT2D eigenvalue weighted by molar-refractivity contribution is -0.120. The quantitative estimate of drug-likeness (QED) is 0.0508. The molecule has 0 unspecified atom stereocenters. The second-order valence-electron chi connectivity index (χ2n) is 24.5. The van der Waals surface area contributed by atoms with Crippen LogP contribution in [0.1, 0.15) is 180 Å². The van der Waals surface area contributed by atoms with E-state index >= 15 is 0 Å². The van der Waals surface area contributed by atoms with Crippen LogP contribution in [0, 0.1) is 10.8 Å². The molecule has 10 nitrogen and oxygen atoms in total. The Morgan fingerprint density at radius 3 is 0.985 bits per heavy atom. The average Bonchev–Trinajstić information content (AvgIpc) is 3.12. The highest BCUT2D eigenvalue weighted by Gasteiger charge is 2.42. The van der Waals surface area contributed by atoms with Gasteiger partial charge in [-0.1, -0.05) is 76.3 Å². The maximum Gasteiger partial charge on any atom is 0.196 e. The van der Waals surface area contributed by atoms with Crippen molar-refractivity contribution in [2.45, 2.75) is 265 Å². The predicted octanol–water partition coefficient (Wildman–Crippen LogP) is 15.8. The number of nitrogens with zero attached hydrogens (tertiary/aromatic N) is 4. The monoisotopic (exact) mass is 1080 g/mol. The standard InChI is InChI=1S/C25H55N2O3PSSi.C13H28O3SSi.C12H28ClN2P/c1-19(2)26(20(3)4)31(27(21(5)6)22(7)8)29-16-17-32-23(28)25(12,13)18-30-33(14,15)24(9,10)11;1-12(2,3)18(6,7)16-10-13(4,5)11(15)17-9-8-14;1-9(2)14(10(3)4)16(13)15(11(5)6)12(7)8/h19-22H,16-18H2,1-15H3;14H,8-10H2,1-7H3;9-12H,1-8H3. The third-order valence-electron chi connectivity index (χ3n) is 12.2. The summed E-state index contributed by atoms with van der Waals surface area (Å²) in [5.41, 5.74) is -0.996. The Labute approximate surface area is 435 Å². The highest BCUT2D eigenvalue weighted by molar-refractivity contribution is 8.14. The Balaban J connectivity index is -0.00000101. The van der Waals surface area contributed by atoms with Crippen molar-refractivity contribution < 1.29 is 28.1 Å². The van der Waals surface area contributed by atoms with E-state index in [1.54, 1.807) is 0 Å². The zero-order valence-electron chi connectivity index (χ0n) is 49.2. The van der Waals surface area contributed by atoms with Gasteiger partial charge in [0, 0.05) is 73.1 Å². The summed E-state index contributed by atoms with van der Waals surface area (Å²) in [4.78, 5) is 25.0. The lowest BCUT2D eigenvalue weighted by atomic mass is 9.97. The van der Waals surface area contributed by atoms with Gasteiger partial charge in [-0.2, -0.15) is 0 Å². The smallest absolute Gasteiger partial charge is 0.196 e. The molecule has 0 rings (SSSR count). The number of aliphatic hydroxyl groups excluding tert-OH is 1. The summed E-state index contributed by atoms with van der Waals surface area (Å²) in [5.74, 6) is 1.12. The van der Waals surface area contributed by atoms with Crippen molar-refractivity contribution in [3.05, 3.63) is 0 Å². The predicted molar refractivity (Wildman–Crippen MR) is 310 cm³/mol. The van der Waals surface area contributed by atoms with Crippen molar-refractivity contribution in [3.8, 4) is 0 Å². The van der Waals surface area contributed by atoms with E-state index in [-0.39, 0.29) is 26.9 Å². The van der Waals surface area contributed by atoms with Crippen LogP contribution in [0.4, 0.5) is 0 Å². The van der Waals surface area contributed by atoms with Gasteiger partial charge in [0.1, 0.15) is 7.58 Å². The minimum absolute atomic E-state index is 0.0373. The first-order valence-electron chi connectivity index (χ1n) is 25.1. The first-order chi connectivity index (χ1) is 29.9. The Morgan fingerprint density at radius 2 is 0.761 bits per heavy atom. The molecule has 0 heterocycles. The van der Waals surface area contributed by atoms with E-state index in [1.807, 2.05) is 27.7 Å². The normalized spacial score (nSPS) is 13.9. The number of thioether (sulfide) groups is 2. The Morgan fingerprint density at radius 1 is 0.507 bits per heavy atom. The highest BCUT2D eigenvalue weighted by atomic mass is 35.7. The molecule has 0 aromatic rings. The van der Waals surface area contributed by atoms with Crippen LogP contribution in [0.15, 0.2) is 0 Å². The first-order valence-corrected chi connectivity index (χ1v) is 36.3. The molecule has 0 fully saturated rings. The third-order valence-corrected chi connectivity index (χ3v) is 30.2. The van der Waals surface area contributed by atoms with Crippen LogP contribution in [0.25, 0.3) is 0 Å². The minimum atomic E-state index is -1.88. The van der Waals surface area contributed by atoms with Gasteiger partial charge in [0.25, 0.3) is 0 Å². The summed E-state index contributed by atoms with van der Waals surface area (Å²) in [6.45, 7) is 67.1. The van der Waals surface area contributed by atoms with Gasteiger partial charge in [0.2, 0.25) is 0 Å². The van der Waals surface area contributed by atoms with Crippen LogP contribution >= 0.6 is 50.8 Å². The Bertz CT molecular complexity index is 1310. The molecule has 17 heteroatoms. The van der Waals surface area contributed by atoms with Crippen molar-refractivity contribution in [1.82, 2.24) is 18.7 Å². The van der Waals surface area contributed by atoms with Gasteiger partial charge < -0.3 is 18.5 Å². The molecule has 0 aliphatic carbocycles. The molecule has 0 atom stereocenters. The summed E-state index contributed by atoms with van der Waals surface area (Å²) in [7, 11) is -5.32. The molecule has 0 aromatic heterocycles. The van der Waals surface area contributed by atoms with Gasteiger partial charge in [-0.05, 0) is 175 Å². The van der Waals surface area contributed by atoms with Gasteiger partial charge in [-0.3, -0.25) is 18.9 Å². The molecule has 0 aliphatic rings. The van der Waals surface area contributed by atoms with E-state index in [0.717, 1.165) is 0 Å². The van der Waals surface area contributed by atoms with Crippen molar-refractivity contribution >= 4 is 77.7 Å². The molecule has 0 spiro atoms. The number of carbonyl (C=O) groups is 2. The second-order valence-corrected chi connectivity index (χ2v) is 40.2. The summed E-state index contributed by atoms with van der Waals surface area (Å²) < 4.78 is 28.8. The summed E-state index contributed by atoms with van der Waals surface area (Å²) >= 11 is 9.28. The summed E-state index contributed by atoms with van der Waals surface area (Å²) in [5, 5.41) is 9.32. The fourth-order valence-corrected chi connectivity index (χ4v) is 16.5. The van der Waals surface area contributed by atoms with Gasteiger partial charge in [0.15, 0.2) is 35.3 Å². The van der Waals surface area contributed by atoms with Crippen molar-refractivity contribution in [1.29, 1.82) is 0 Å². The van der Waals surface area contributed by atoms with Crippen LogP contribution < -0.4 is 0 Å². The van der Waals surface area contributed by atoms with Gasteiger partial charge in [-0.25, -0.2) is 9.34 Å². The van der Waals surface area contributed by atoms with Crippen molar-refractivity contribution in [2.24, 2.45) is 10.8 Å². The van der Waals surface area contributed by atoms with Crippen molar-refractivity contribution in [2.75, 3.05) is 37.9 Å². The molecular weight excluding hydrogens is 970 g/mol. The third kappa shape index (κ3) is 26.4. The molecule has 1 N–H and O–H groups in total. The zero-order valence-corrected chi connectivity index (χ0v) is 55.4. The average molecular weight is 1080 g/mol. The van der Waals surface area contributed by atoms with Crippen LogP contribution in [0.5, 0.6) is 0 Å². The van der Waals surface area contributed by atoms with E-state index in [0.29, 0.717) is 79.7 Å². The molecular formula is C50H111ClN4O6P2S2Si2. The molecule has 0 saturated carbocycles. The van der Waals surface area contributed by atoms with E-state index in [2.05, 4.69) is 197 Å².